The summed E-state index contributed by atoms with van der Waals surface area (Å²) < 4.78 is 35.8. The Kier molecular flexibility index (Phi) is 5.36. The van der Waals surface area contributed by atoms with Gasteiger partial charge in [-0.3, -0.25) is 9.89 Å². The summed E-state index contributed by atoms with van der Waals surface area (Å²) in [6, 6.07) is 6.74. The van der Waals surface area contributed by atoms with Crippen molar-refractivity contribution in [2.24, 2.45) is 14.6 Å². The number of amides is 1. The molecule has 0 unspecified atom stereocenters. The lowest BCUT2D eigenvalue weighted by molar-refractivity contribution is 0.0692. The van der Waals surface area contributed by atoms with Gasteiger partial charge in [-0.2, -0.15) is 18.1 Å². The van der Waals surface area contributed by atoms with Crippen molar-refractivity contribution in [1.82, 2.24) is 19.4 Å². The van der Waals surface area contributed by atoms with Gasteiger partial charge in [0.2, 0.25) is 10.0 Å². The van der Waals surface area contributed by atoms with E-state index in [1.807, 2.05) is 0 Å². The van der Waals surface area contributed by atoms with Gasteiger partial charge in [-0.1, -0.05) is 19.9 Å². The second kappa shape index (κ2) is 7.81. The van der Waals surface area contributed by atoms with E-state index in [0.717, 1.165) is 23.5 Å². The fraction of sp³-hybridized carbons (Fsp3) is 0.444. The molecule has 9 nitrogen and oxygen atoms in total. The molecule has 0 aliphatic carbocycles. The molecular weight excluding hydrogens is 412 g/mol. The Bertz CT molecular complexity index is 1110. The lowest BCUT2D eigenvalue weighted by atomic mass is 10.1. The lowest BCUT2D eigenvalue weighted by Gasteiger charge is -2.33. The second-order valence-corrected chi connectivity index (χ2v) is 9.90. The van der Waals surface area contributed by atoms with Crippen LogP contribution < -0.4 is 0 Å². The van der Waals surface area contributed by atoms with Gasteiger partial charge in [-0.15, -0.1) is 0 Å². The van der Waals surface area contributed by atoms with Crippen LogP contribution in [0.2, 0.25) is 0 Å². The van der Waals surface area contributed by atoms with Crippen LogP contribution in [0.1, 0.15) is 30.0 Å². The van der Waals surface area contributed by atoms with Gasteiger partial charge in [0.05, 0.1) is 11.4 Å². The van der Waals surface area contributed by atoms with Gasteiger partial charge in [0.1, 0.15) is 22.0 Å². The maximum absolute atomic E-state index is 13.1. The molecule has 1 saturated heterocycles. The number of sulfonamides is 1. The SMILES string of the molecule is CC(C)Cc1cc(C(=O)N2CCN(S(=O)(=O)c3cccc4c3N=S=N4)CC2)n[nH]1. The highest BCUT2D eigenvalue weighted by atomic mass is 32.2. The minimum absolute atomic E-state index is 0.161. The lowest BCUT2D eigenvalue weighted by Crippen LogP contribution is -2.50. The molecule has 1 aromatic carbocycles. The molecule has 4 rings (SSSR count). The van der Waals surface area contributed by atoms with Gasteiger partial charge >= 0.3 is 0 Å². The van der Waals surface area contributed by atoms with E-state index in [0.29, 0.717) is 36.1 Å². The van der Waals surface area contributed by atoms with Gasteiger partial charge in [0.25, 0.3) is 5.91 Å². The Morgan fingerprint density at radius 3 is 2.69 bits per heavy atom. The molecular formula is C18H22N6O3S2. The Labute approximate surface area is 173 Å². The molecule has 154 valence electrons. The predicted molar refractivity (Wildman–Crippen MR) is 110 cm³/mol. The van der Waals surface area contributed by atoms with Crippen molar-refractivity contribution >= 4 is 38.7 Å². The Morgan fingerprint density at radius 2 is 1.97 bits per heavy atom. The number of aromatic nitrogens is 2. The van der Waals surface area contributed by atoms with Crippen LogP contribution in [0.25, 0.3) is 0 Å². The van der Waals surface area contributed by atoms with Crippen LogP contribution in [0.5, 0.6) is 0 Å². The van der Waals surface area contributed by atoms with Crippen LogP contribution in [0.3, 0.4) is 0 Å². The molecule has 1 fully saturated rings. The van der Waals surface area contributed by atoms with E-state index >= 15 is 0 Å². The van der Waals surface area contributed by atoms with Gasteiger partial charge in [0.15, 0.2) is 0 Å². The molecule has 0 bridgehead atoms. The number of hydrogen-bond donors (Lipinski definition) is 1. The zero-order chi connectivity index (χ0) is 20.6. The van der Waals surface area contributed by atoms with Crippen molar-refractivity contribution in [3.63, 3.8) is 0 Å². The Balaban J connectivity index is 1.44. The molecule has 0 radical (unpaired) electrons. The molecule has 2 aromatic rings. The number of fused-ring (bicyclic) bond motifs is 1. The molecule has 2 aliphatic heterocycles. The molecule has 11 heteroatoms. The highest BCUT2D eigenvalue weighted by Crippen LogP contribution is 2.38. The van der Waals surface area contributed by atoms with Crippen LogP contribution in [0, 0.1) is 5.92 Å². The standard InChI is InChI=1S/C18H22N6O3S2/c1-12(2)10-13-11-15(20-19-13)18(25)23-6-8-24(9-7-23)29(26,27)16-5-3-4-14-17(16)22-28-21-14/h3-5,11-12H,6-10H2,1-2H3,(H,19,20). The van der Waals surface area contributed by atoms with Crippen molar-refractivity contribution < 1.29 is 13.2 Å². The first kappa shape index (κ1) is 19.9. The first-order chi connectivity index (χ1) is 13.9. The number of piperazine rings is 1. The van der Waals surface area contributed by atoms with Gasteiger partial charge < -0.3 is 4.90 Å². The molecule has 0 atom stereocenters. The summed E-state index contributed by atoms with van der Waals surface area (Å²) in [5, 5.41) is 7.04. The number of nitrogens with one attached hydrogen (secondary N) is 1. The summed E-state index contributed by atoms with van der Waals surface area (Å²) in [5.74, 6) is 0.281. The number of H-pyrrole nitrogens is 1. The van der Waals surface area contributed by atoms with Crippen molar-refractivity contribution in [2.45, 2.75) is 25.2 Å². The largest absolute Gasteiger partial charge is 0.335 e. The molecule has 29 heavy (non-hydrogen) atoms. The van der Waals surface area contributed by atoms with Crippen LogP contribution >= 0.6 is 0 Å². The topological polar surface area (TPSA) is 111 Å². The third kappa shape index (κ3) is 3.89. The first-order valence-corrected chi connectivity index (χ1v) is 11.6. The fourth-order valence-corrected chi connectivity index (χ4v) is 5.61. The van der Waals surface area contributed by atoms with Crippen LogP contribution in [-0.4, -0.2) is 59.9 Å². The van der Waals surface area contributed by atoms with Gasteiger partial charge in [-0.05, 0) is 30.5 Å². The van der Waals surface area contributed by atoms with Crippen molar-refractivity contribution in [2.75, 3.05) is 26.2 Å². The van der Waals surface area contributed by atoms with Crippen molar-refractivity contribution in [3.05, 3.63) is 35.7 Å². The Morgan fingerprint density at radius 1 is 1.21 bits per heavy atom. The molecule has 2 aliphatic rings. The number of rotatable bonds is 5. The zero-order valence-corrected chi connectivity index (χ0v) is 17.8. The number of hydrogen-bond acceptors (Lipinski definition) is 6. The molecule has 1 aromatic heterocycles. The van der Waals surface area contributed by atoms with Crippen molar-refractivity contribution in [3.8, 4) is 0 Å². The molecule has 3 heterocycles. The third-order valence-electron chi connectivity index (χ3n) is 4.87. The number of benzene rings is 1. The summed E-state index contributed by atoms with van der Waals surface area (Å²) in [4.78, 5) is 14.5. The quantitative estimate of drug-likeness (QED) is 0.665. The van der Waals surface area contributed by atoms with E-state index in [4.69, 9.17) is 0 Å². The molecule has 0 saturated carbocycles. The average Bonchev–Trinajstić information content (AvgIpc) is 3.36. The summed E-state index contributed by atoms with van der Waals surface area (Å²) in [7, 11) is -3.70. The predicted octanol–water partition coefficient (Wildman–Crippen LogP) is 2.48. The van der Waals surface area contributed by atoms with E-state index in [1.165, 1.54) is 4.31 Å². The normalized spacial score (nSPS) is 16.9. The second-order valence-electron chi connectivity index (χ2n) is 7.46. The summed E-state index contributed by atoms with van der Waals surface area (Å²) in [5.41, 5.74) is 2.26. The van der Waals surface area contributed by atoms with E-state index in [9.17, 15) is 13.2 Å². The van der Waals surface area contributed by atoms with Crippen LogP contribution in [-0.2, 0) is 27.8 Å². The third-order valence-corrected chi connectivity index (χ3v) is 7.34. The highest BCUT2D eigenvalue weighted by Gasteiger charge is 2.33. The van der Waals surface area contributed by atoms with E-state index < -0.39 is 10.0 Å². The van der Waals surface area contributed by atoms with E-state index in [-0.39, 0.29) is 23.9 Å². The summed E-state index contributed by atoms with van der Waals surface area (Å²) in [6.07, 6.45) is 0.823. The van der Waals surface area contributed by atoms with Gasteiger partial charge in [-0.25, -0.2) is 8.42 Å². The smallest absolute Gasteiger partial charge is 0.274 e. The van der Waals surface area contributed by atoms with Crippen LogP contribution in [0.4, 0.5) is 11.4 Å². The molecule has 1 amide bonds. The number of nitrogens with zero attached hydrogens (tertiary/aromatic N) is 5. The average molecular weight is 435 g/mol. The number of carbonyl (C=O) groups excluding carboxylic acids is 1. The Hall–Kier alpha value is -2.37. The maximum atomic E-state index is 13.1. The van der Waals surface area contributed by atoms with E-state index in [1.54, 1.807) is 29.2 Å². The molecule has 1 N–H and O–H groups in total. The maximum Gasteiger partial charge on any atom is 0.274 e. The summed E-state index contributed by atoms with van der Waals surface area (Å²) >= 11 is 0.991. The first-order valence-electron chi connectivity index (χ1n) is 9.41. The minimum Gasteiger partial charge on any atom is -0.335 e. The fourth-order valence-electron chi connectivity index (χ4n) is 3.44. The molecule has 0 spiro atoms. The minimum atomic E-state index is -3.70. The van der Waals surface area contributed by atoms with E-state index in [2.05, 4.69) is 32.8 Å². The monoisotopic (exact) mass is 434 g/mol. The van der Waals surface area contributed by atoms with Gasteiger partial charge in [0, 0.05) is 31.9 Å². The summed E-state index contributed by atoms with van der Waals surface area (Å²) in [6.45, 7) is 5.29. The zero-order valence-electron chi connectivity index (χ0n) is 16.2. The van der Waals surface area contributed by atoms with Crippen molar-refractivity contribution in [1.29, 1.82) is 0 Å². The number of aromatic amines is 1. The number of carbonyl (C=O) groups is 1. The highest BCUT2D eigenvalue weighted by molar-refractivity contribution is 7.89. The van der Waals surface area contributed by atoms with Crippen LogP contribution in [0.15, 0.2) is 37.9 Å².